The highest BCUT2D eigenvalue weighted by atomic mass is 16.5. The van der Waals surface area contributed by atoms with E-state index in [0.29, 0.717) is 11.4 Å². The van der Waals surface area contributed by atoms with Crippen molar-refractivity contribution in [2.75, 3.05) is 19.8 Å². The van der Waals surface area contributed by atoms with Gasteiger partial charge in [-0.2, -0.15) is 0 Å². The van der Waals surface area contributed by atoms with Gasteiger partial charge in [0.2, 0.25) is 0 Å². The van der Waals surface area contributed by atoms with E-state index in [0.717, 1.165) is 12.0 Å². The number of likely N-dealkylation sites (N-methyl/N-ethyl adjacent to an activating group) is 1. The molecule has 1 rings (SSSR count). The third-order valence-corrected chi connectivity index (χ3v) is 2.57. The number of amides is 1. The van der Waals surface area contributed by atoms with Gasteiger partial charge in [0.25, 0.3) is 5.91 Å². The fourth-order valence-corrected chi connectivity index (χ4v) is 1.53. The number of nitrogens with two attached hydrogens (primary N) is 1. The van der Waals surface area contributed by atoms with Crippen molar-refractivity contribution in [2.24, 2.45) is 0 Å². The van der Waals surface area contributed by atoms with Gasteiger partial charge < -0.3 is 15.4 Å². The molecule has 1 unspecified atom stereocenters. The van der Waals surface area contributed by atoms with Gasteiger partial charge in [-0.25, -0.2) is 0 Å². The number of anilines is 1. The van der Waals surface area contributed by atoms with Gasteiger partial charge in [0.15, 0.2) is 6.10 Å². The van der Waals surface area contributed by atoms with E-state index in [1.54, 1.807) is 21.0 Å². The van der Waals surface area contributed by atoms with Crippen molar-refractivity contribution >= 4 is 11.6 Å². The van der Waals surface area contributed by atoms with Crippen molar-refractivity contribution in [2.45, 2.75) is 26.4 Å². The summed E-state index contributed by atoms with van der Waals surface area (Å²) in [5, 5.41) is 0. The highest BCUT2D eigenvalue weighted by Gasteiger charge is 2.17. The van der Waals surface area contributed by atoms with Gasteiger partial charge >= 0.3 is 0 Å². The van der Waals surface area contributed by atoms with Gasteiger partial charge in [-0.15, -0.1) is 0 Å². The van der Waals surface area contributed by atoms with Crippen molar-refractivity contribution < 1.29 is 9.53 Å². The molecule has 0 radical (unpaired) electrons. The van der Waals surface area contributed by atoms with Crippen LogP contribution in [-0.2, 0) is 11.2 Å². The van der Waals surface area contributed by atoms with E-state index in [4.69, 9.17) is 10.5 Å². The summed E-state index contributed by atoms with van der Waals surface area (Å²) in [4.78, 5) is 13.1. The zero-order valence-corrected chi connectivity index (χ0v) is 10.9. The lowest BCUT2D eigenvalue weighted by molar-refractivity contribution is -0.135. The first-order chi connectivity index (χ1) is 7.95. The molecule has 0 saturated heterocycles. The standard InChI is InChI=1S/C13H20N2O2/c1-5-10-6-7-12(11(14)8-10)17-9(2)13(16)15(3)4/h6-9H,5,14H2,1-4H3. The van der Waals surface area contributed by atoms with Gasteiger partial charge in [0, 0.05) is 14.1 Å². The van der Waals surface area contributed by atoms with Crippen molar-refractivity contribution in [3.63, 3.8) is 0 Å². The summed E-state index contributed by atoms with van der Waals surface area (Å²) in [6, 6.07) is 5.65. The minimum atomic E-state index is -0.528. The number of benzene rings is 1. The van der Waals surface area contributed by atoms with E-state index in [1.807, 2.05) is 18.2 Å². The maximum absolute atomic E-state index is 11.6. The van der Waals surface area contributed by atoms with E-state index in [9.17, 15) is 4.79 Å². The van der Waals surface area contributed by atoms with Crippen LogP contribution in [0.25, 0.3) is 0 Å². The summed E-state index contributed by atoms with van der Waals surface area (Å²) in [5.74, 6) is 0.480. The van der Waals surface area contributed by atoms with Crippen molar-refractivity contribution in [3.8, 4) is 5.75 Å². The van der Waals surface area contributed by atoms with Crippen LogP contribution < -0.4 is 10.5 Å². The Kier molecular flexibility index (Phi) is 4.37. The van der Waals surface area contributed by atoms with E-state index in [2.05, 4.69) is 6.92 Å². The Morgan fingerprint density at radius 1 is 1.47 bits per heavy atom. The van der Waals surface area contributed by atoms with Crippen LogP contribution >= 0.6 is 0 Å². The molecule has 1 atom stereocenters. The number of hydrogen-bond donors (Lipinski definition) is 1. The molecule has 2 N–H and O–H groups in total. The van der Waals surface area contributed by atoms with Crippen LogP contribution in [0.3, 0.4) is 0 Å². The lowest BCUT2D eigenvalue weighted by Gasteiger charge is -2.19. The smallest absolute Gasteiger partial charge is 0.262 e. The summed E-state index contributed by atoms with van der Waals surface area (Å²) in [6.07, 6.45) is 0.399. The lowest BCUT2D eigenvalue weighted by Crippen LogP contribution is -2.35. The van der Waals surface area contributed by atoms with Crippen molar-refractivity contribution in [3.05, 3.63) is 23.8 Å². The fourth-order valence-electron chi connectivity index (χ4n) is 1.53. The Hall–Kier alpha value is -1.71. The summed E-state index contributed by atoms with van der Waals surface area (Å²) < 4.78 is 5.55. The number of aryl methyl sites for hydroxylation is 1. The second kappa shape index (κ2) is 5.57. The molecule has 1 aromatic rings. The van der Waals surface area contributed by atoms with Crippen LogP contribution in [0.4, 0.5) is 5.69 Å². The Morgan fingerprint density at radius 2 is 2.12 bits per heavy atom. The molecule has 0 aliphatic rings. The maximum atomic E-state index is 11.6. The molecular weight excluding hydrogens is 216 g/mol. The predicted molar refractivity (Wildman–Crippen MR) is 69.0 cm³/mol. The number of ether oxygens (including phenoxy) is 1. The minimum Gasteiger partial charge on any atom is -0.479 e. The van der Waals surface area contributed by atoms with E-state index in [1.165, 1.54) is 4.90 Å². The van der Waals surface area contributed by atoms with Crippen molar-refractivity contribution in [1.29, 1.82) is 0 Å². The molecule has 0 aromatic heterocycles. The molecule has 17 heavy (non-hydrogen) atoms. The van der Waals surface area contributed by atoms with E-state index in [-0.39, 0.29) is 5.91 Å². The van der Waals surface area contributed by atoms with E-state index < -0.39 is 6.10 Å². The number of nitrogen functional groups attached to an aromatic ring is 1. The van der Waals surface area contributed by atoms with Gasteiger partial charge in [-0.3, -0.25) is 4.79 Å². The fraction of sp³-hybridized carbons (Fsp3) is 0.462. The molecule has 4 nitrogen and oxygen atoms in total. The molecule has 0 heterocycles. The maximum Gasteiger partial charge on any atom is 0.262 e. The summed E-state index contributed by atoms with van der Waals surface area (Å²) >= 11 is 0. The van der Waals surface area contributed by atoms with E-state index >= 15 is 0 Å². The van der Waals surface area contributed by atoms with Crippen molar-refractivity contribution in [1.82, 2.24) is 4.90 Å². The molecule has 0 bridgehead atoms. The normalized spacial score (nSPS) is 12.0. The summed E-state index contributed by atoms with van der Waals surface area (Å²) in [5.41, 5.74) is 7.60. The third-order valence-electron chi connectivity index (χ3n) is 2.57. The summed E-state index contributed by atoms with van der Waals surface area (Å²) in [7, 11) is 3.40. The minimum absolute atomic E-state index is 0.0797. The van der Waals surface area contributed by atoms with Gasteiger partial charge in [0.05, 0.1) is 5.69 Å². The van der Waals surface area contributed by atoms with Crippen LogP contribution in [0.1, 0.15) is 19.4 Å². The van der Waals surface area contributed by atoms with Gasteiger partial charge in [-0.05, 0) is 31.0 Å². The van der Waals surface area contributed by atoms with Gasteiger partial charge in [-0.1, -0.05) is 13.0 Å². The predicted octanol–water partition coefficient (Wildman–Crippen LogP) is 1.69. The molecule has 94 valence electrons. The zero-order chi connectivity index (χ0) is 13.0. The molecule has 1 aromatic carbocycles. The zero-order valence-electron chi connectivity index (χ0n) is 10.9. The topological polar surface area (TPSA) is 55.6 Å². The molecule has 0 saturated carbocycles. The first-order valence-corrected chi connectivity index (χ1v) is 5.72. The largest absolute Gasteiger partial charge is 0.479 e. The van der Waals surface area contributed by atoms with Crippen LogP contribution in [-0.4, -0.2) is 31.0 Å². The number of carbonyl (C=O) groups excluding carboxylic acids is 1. The second-order valence-corrected chi connectivity index (χ2v) is 4.22. The highest BCUT2D eigenvalue weighted by molar-refractivity contribution is 5.80. The number of hydrogen-bond acceptors (Lipinski definition) is 3. The van der Waals surface area contributed by atoms with Crippen LogP contribution in [0.2, 0.25) is 0 Å². The molecule has 1 amide bonds. The molecule has 4 heteroatoms. The molecule has 0 spiro atoms. The van der Waals surface area contributed by atoms with Crippen LogP contribution in [0.5, 0.6) is 5.75 Å². The molecular formula is C13H20N2O2. The third kappa shape index (κ3) is 3.37. The van der Waals surface area contributed by atoms with Crippen LogP contribution in [0, 0.1) is 0 Å². The average Bonchev–Trinajstić information content (AvgIpc) is 2.30. The first-order valence-electron chi connectivity index (χ1n) is 5.72. The quantitative estimate of drug-likeness (QED) is 0.809. The monoisotopic (exact) mass is 236 g/mol. The Morgan fingerprint density at radius 3 is 2.59 bits per heavy atom. The lowest BCUT2D eigenvalue weighted by atomic mass is 10.1. The highest BCUT2D eigenvalue weighted by Crippen LogP contribution is 2.24. The number of carbonyl (C=O) groups is 1. The number of rotatable bonds is 4. The Bertz CT molecular complexity index is 402. The molecule has 0 fully saturated rings. The molecule has 0 aliphatic heterocycles. The van der Waals surface area contributed by atoms with Crippen LogP contribution in [0.15, 0.2) is 18.2 Å². The molecule has 0 aliphatic carbocycles. The number of nitrogens with zero attached hydrogens (tertiary/aromatic N) is 1. The van der Waals surface area contributed by atoms with Gasteiger partial charge in [0.1, 0.15) is 5.75 Å². The Balaban J connectivity index is 2.78. The summed E-state index contributed by atoms with van der Waals surface area (Å²) in [6.45, 7) is 3.78. The second-order valence-electron chi connectivity index (χ2n) is 4.22. The Labute approximate surface area is 102 Å². The SMILES string of the molecule is CCc1ccc(OC(C)C(=O)N(C)C)c(N)c1. The average molecular weight is 236 g/mol. The first kappa shape index (κ1) is 13.4.